The second kappa shape index (κ2) is 12.7. The highest BCUT2D eigenvalue weighted by molar-refractivity contribution is 7.15. The highest BCUT2D eigenvalue weighted by atomic mass is 32.1. The first-order valence-electron chi connectivity index (χ1n) is 17.5. The number of hydrogen-bond acceptors (Lipinski definition) is 7. The molecule has 0 spiro atoms. The number of hydrogen-bond donors (Lipinski definition) is 1. The molecule has 4 saturated carbocycles. The predicted octanol–water partition coefficient (Wildman–Crippen LogP) is 7.51. The zero-order valence-electron chi connectivity index (χ0n) is 28.0. The van der Waals surface area contributed by atoms with E-state index in [1.165, 1.54) is 30.4 Å². The number of nitrogens with zero attached hydrogens (tertiary/aromatic N) is 4. The molecule has 246 valence electrons. The molecule has 2 aromatic heterocycles. The van der Waals surface area contributed by atoms with Gasteiger partial charge in [0.05, 0.1) is 23.1 Å². The molecule has 5 aliphatic rings. The number of aliphatic hydroxyl groups excluding tert-OH is 1. The van der Waals surface area contributed by atoms with Gasteiger partial charge in [-0.05, 0) is 117 Å². The number of fused-ring (bicyclic) bond motifs is 3. The number of amides is 1. The van der Waals surface area contributed by atoms with Crippen LogP contribution < -0.4 is 9.64 Å². The summed E-state index contributed by atoms with van der Waals surface area (Å²) in [6.45, 7) is 8.81. The van der Waals surface area contributed by atoms with Gasteiger partial charge in [-0.3, -0.25) is 14.6 Å². The van der Waals surface area contributed by atoms with Crippen LogP contribution in [0.15, 0.2) is 42.7 Å². The Balaban J connectivity index is 1.13. The first kappa shape index (κ1) is 31.8. The maximum absolute atomic E-state index is 14.6. The van der Waals surface area contributed by atoms with Gasteiger partial charge in [-0.15, -0.1) is 11.3 Å². The third-order valence-corrected chi connectivity index (χ3v) is 13.3. The molecule has 1 N–H and O–H groups in total. The number of likely N-dealkylation sites (tertiary alicyclic amines) is 1. The Morgan fingerprint density at radius 2 is 1.76 bits per heavy atom. The van der Waals surface area contributed by atoms with Crippen molar-refractivity contribution in [3.63, 3.8) is 0 Å². The van der Waals surface area contributed by atoms with E-state index in [-0.39, 0.29) is 28.8 Å². The Morgan fingerprint density at radius 1 is 1.04 bits per heavy atom. The quantitative estimate of drug-likeness (QED) is 0.260. The van der Waals surface area contributed by atoms with Crippen LogP contribution in [0.2, 0.25) is 0 Å². The molecule has 3 aromatic rings. The summed E-state index contributed by atoms with van der Waals surface area (Å²) >= 11 is 1.74. The van der Waals surface area contributed by atoms with Crippen LogP contribution in [0.3, 0.4) is 0 Å². The van der Waals surface area contributed by atoms with Crippen molar-refractivity contribution >= 4 is 23.1 Å². The molecular weight excluding hydrogens is 593 g/mol. The summed E-state index contributed by atoms with van der Waals surface area (Å²) < 4.78 is 5.56. The SMILES string of the molecule is COc1ccc(C23CCC(CN(C(=O)C4CCC(N5CC(O)C5)CC4)c4cc(-c5cnc(C(C)C)s5)ccn4)(CC2)CC3)cc1C. The van der Waals surface area contributed by atoms with Gasteiger partial charge in [0.2, 0.25) is 5.91 Å². The van der Waals surface area contributed by atoms with Crippen LogP contribution >= 0.6 is 11.3 Å². The van der Waals surface area contributed by atoms with Crippen molar-refractivity contribution in [3.8, 4) is 16.2 Å². The molecule has 0 unspecified atom stereocenters. The molecule has 0 radical (unpaired) electrons. The van der Waals surface area contributed by atoms with Gasteiger partial charge in [0.15, 0.2) is 0 Å². The van der Waals surface area contributed by atoms with Gasteiger partial charge in [-0.1, -0.05) is 26.0 Å². The number of anilines is 1. The fourth-order valence-corrected chi connectivity index (χ4v) is 9.77. The maximum atomic E-state index is 14.6. The number of pyridine rings is 1. The minimum absolute atomic E-state index is 0.0220. The van der Waals surface area contributed by atoms with Crippen molar-refractivity contribution in [1.82, 2.24) is 14.9 Å². The molecule has 5 fully saturated rings. The number of thiazole rings is 1. The number of benzene rings is 1. The van der Waals surface area contributed by atoms with E-state index in [2.05, 4.69) is 65.9 Å². The van der Waals surface area contributed by atoms with Crippen LogP contribution in [0.5, 0.6) is 5.75 Å². The standard InChI is InChI=1S/C38H50N4O3S/c1-25(2)35-40-21-33(46-35)28-11-18-39-34(20-28)42(36(44)27-5-8-30(9-6-27)41-22-31(43)23-41)24-37-12-15-38(16-13-37,17-14-37)29-7-10-32(45-4)26(3)19-29/h7,10-11,18-21,25,27,30-31,43H,5-6,8-9,12-17,22-24H2,1-4H3. The minimum atomic E-state index is -0.180. The Morgan fingerprint density at radius 3 is 2.37 bits per heavy atom. The summed E-state index contributed by atoms with van der Waals surface area (Å²) in [7, 11) is 1.75. The lowest BCUT2D eigenvalue weighted by Crippen LogP contribution is -2.56. The lowest BCUT2D eigenvalue weighted by Gasteiger charge is -2.55. The van der Waals surface area contributed by atoms with E-state index in [4.69, 9.17) is 9.72 Å². The highest BCUT2D eigenvalue weighted by Crippen LogP contribution is 2.58. The van der Waals surface area contributed by atoms with E-state index in [1.54, 1.807) is 18.4 Å². The number of carbonyl (C=O) groups is 1. The average molecular weight is 643 g/mol. The smallest absolute Gasteiger partial charge is 0.231 e. The topological polar surface area (TPSA) is 78.8 Å². The minimum Gasteiger partial charge on any atom is -0.496 e. The number of carbonyl (C=O) groups excluding carboxylic acids is 1. The highest BCUT2D eigenvalue weighted by Gasteiger charge is 2.51. The summed E-state index contributed by atoms with van der Waals surface area (Å²) in [5.41, 5.74) is 4.11. The Kier molecular flexibility index (Phi) is 8.75. The maximum Gasteiger partial charge on any atom is 0.231 e. The first-order chi connectivity index (χ1) is 22.2. The third-order valence-electron chi connectivity index (χ3n) is 11.9. The molecule has 7 nitrogen and oxygen atoms in total. The number of rotatable bonds is 9. The largest absolute Gasteiger partial charge is 0.496 e. The Hall–Kier alpha value is -2.81. The van der Waals surface area contributed by atoms with Gasteiger partial charge in [-0.2, -0.15) is 0 Å². The summed E-state index contributed by atoms with van der Waals surface area (Å²) in [5, 5.41) is 11.0. The molecule has 1 amide bonds. The van der Waals surface area contributed by atoms with Crippen LogP contribution in [0.25, 0.3) is 10.4 Å². The van der Waals surface area contributed by atoms with E-state index < -0.39 is 0 Å². The lowest BCUT2D eigenvalue weighted by atomic mass is 9.51. The number of methoxy groups -OCH3 is 1. The normalized spacial score (nSPS) is 28.3. The monoisotopic (exact) mass is 642 g/mol. The molecule has 46 heavy (non-hydrogen) atoms. The number of ether oxygens (including phenoxy) is 1. The summed E-state index contributed by atoms with van der Waals surface area (Å²) in [5.74, 6) is 2.41. The predicted molar refractivity (Wildman–Crippen MR) is 185 cm³/mol. The van der Waals surface area contributed by atoms with Crippen molar-refractivity contribution in [2.45, 2.75) is 108 Å². The van der Waals surface area contributed by atoms with Gasteiger partial charge < -0.3 is 9.84 Å². The molecule has 1 saturated heterocycles. The van der Waals surface area contributed by atoms with E-state index in [1.807, 2.05) is 12.4 Å². The third kappa shape index (κ3) is 6.01. The van der Waals surface area contributed by atoms with Gasteiger partial charge in [0.1, 0.15) is 11.6 Å². The number of aryl methyl sites for hydroxylation is 1. The lowest BCUT2D eigenvalue weighted by molar-refractivity contribution is -0.125. The summed E-state index contributed by atoms with van der Waals surface area (Å²) in [6.07, 6.45) is 14.5. The van der Waals surface area contributed by atoms with Crippen molar-refractivity contribution in [3.05, 3.63) is 58.9 Å². The van der Waals surface area contributed by atoms with Crippen LogP contribution in [-0.2, 0) is 10.2 Å². The molecule has 8 heteroatoms. The number of β-amino-alcohol motifs (C(OH)–C–C–N with tert-alkyl or cyclic N) is 1. The fourth-order valence-electron chi connectivity index (χ4n) is 8.85. The van der Waals surface area contributed by atoms with Gasteiger partial charge in [0, 0.05) is 49.9 Å². The van der Waals surface area contributed by atoms with Crippen molar-refractivity contribution in [2.75, 3.05) is 31.6 Å². The van der Waals surface area contributed by atoms with Gasteiger partial charge in [0.25, 0.3) is 0 Å². The summed E-state index contributed by atoms with van der Waals surface area (Å²) in [6, 6.07) is 11.5. The van der Waals surface area contributed by atoms with Crippen LogP contribution in [-0.4, -0.2) is 64.8 Å². The van der Waals surface area contributed by atoms with Crippen LogP contribution in [0.1, 0.15) is 100 Å². The van der Waals surface area contributed by atoms with Crippen molar-refractivity contribution in [2.24, 2.45) is 11.3 Å². The van der Waals surface area contributed by atoms with Gasteiger partial charge in [-0.25, -0.2) is 9.97 Å². The van der Waals surface area contributed by atoms with Crippen LogP contribution in [0, 0.1) is 18.3 Å². The number of aliphatic hydroxyl groups is 1. The van der Waals surface area contributed by atoms with E-state index in [0.717, 1.165) is 91.6 Å². The molecule has 3 heterocycles. The fraction of sp³-hybridized carbons (Fsp3) is 0.605. The van der Waals surface area contributed by atoms with E-state index in [0.29, 0.717) is 12.0 Å². The van der Waals surface area contributed by atoms with Gasteiger partial charge >= 0.3 is 0 Å². The molecule has 2 bridgehead atoms. The van der Waals surface area contributed by atoms with Crippen LogP contribution in [0.4, 0.5) is 5.82 Å². The molecule has 4 aliphatic carbocycles. The average Bonchev–Trinajstić information content (AvgIpc) is 3.58. The second-order valence-corrected chi connectivity index (χ2v) is 16.2. The first-order valence-corrected chi connectivity index (χ1v) is 18.3. The Bertz CT molecular complexity index is 1530. The van der Waals surface area contributed by atoms with Crippen molar-refractivity contribution in [1.29, 1.82) is 0 Å². The zero-order valence-corrected chi connectivity index (χ0v) is 28.8. The Labute approximate surface area is 278 Å². The number of aromatic nitrogens is 2. The zero-order chi connectivity index (χ0) is 32.1. The van der Waals surface area contributed by atoms with E-state index in [9.17, 15) is 9.90 Å². The summed E-state index contributed by atoms with van der Waals surface area (Å²) in [4.78, 5) is 29.8. The molecule has 1 aromatic carbocycles. The van der Waals surface area contributed by atoms with E-state index >= 15 is 0 Å². The molecule has 0 atom stereocenters. The van der Waals surface area contributed by atoms with Crippen molar-refractivity contribution < 1.29 is 14.6 Å². The second-order valence-electron chi connectivity index (χ2n) is 15.1. The molecular formula is C38H50N4O3S. The molecule has 8 rings (SSSR count). The molecule has 1 aliphatic heterocycles.